The van der Waals surface area contributed by atoms with E-state index in [9.17, 15) is 33.0 Å². The van der Waals surface area contributed by atoms with Crippen molar-refractivity contribution in [2.24, 2.45) is 4.99 Å². The predicted octanol–water partition coefficient (Wildman–Crippen LogP) is 6.39. The molecular weight excluding hydrogens is 1080 g/mol. The molecule has 1 aliphatic rings. The van der Waals surface area contributed by atoms with Gasteiger partial charge in [0.2, 0.25) is 27.9 Å². The molecule has 0 saturated heterocycles. The summed E-state index contributed by atoms with van der Waals surface area (Å²) in [6.07, 6.45) is 8.65. The number of nitrogens with one attached hydrogen (secondary N) is 3. The van der Waals surface area contributed by atoms with Gasteiger partial charge >= 0.3 is 16.8 Å². The van der Waals surface area contributed by atoms with Crippen LogP contribution in [0.5, 0.6) is 0 Å². The first kappa shape index (κ1) is 66.2. The molecule has 20 nitrogen and oxygen atoms in total. The van der Waals surface area contributed by atoms with E-state index in [2.05, 4.69) is 67.1 Å². The molecule has 0 radical (unpaired) electrons. The molecule has 5 rings (SSSR count). The van der Waals surface area contributed by atoms with Crippen molar-refractivity contribution in [3.8, 4) is 0 Å². The molecule has 2 atom stereocenters. The number of para-hydroxylation sites is 1. The van der Waals surface area contributed by atoms with Crippen molar-refractivity contribution < 1.29 is 47.7 Å². The van der Waals surface area contributed by atoms with Crippen LogP contribution in [0.25, 0.3) is 0 Å². The van der Waals surface area contributed by atoms with E-state index in [1.807, 2.05) is 52.1 Å². The SMILES string of the molecule is CCNc1nc(Cl)nc(NC(C)C)n1.CCc1cccc(C)c1N(C(=O)CCl)C(C)COC.COC(=O)CSc1cc(/N=c2\sc(=O)n3n2CCCC3)c(F)cc1Cl.C[S+](C)C.O=C(O)CNCP(=O)([O-])O. The van der Waals surface area contributed by atoms with Crippen LogP contribution in [0.4, 0.5) is 27.7 Å². The number of halogens is 4. The number of aliphatic carboxylic acids is 1. The minimum Gasteiger partial charge on any atom is -0.778 e. The number of aryl methyl sites for hydroxylation is 2. The summed E-state index contributed by atoms with van der Waals surface area (Å²) in [6.45, 7) is 14.1. The van der Waals surface area contributed by atoms with E-state index in [1.54, 1.807) is 21.4 Å². The quantitative estimate of drug-likeness (QED) is 0.0237. The van der Waals surface area contributed by atoms with Crippen molar-refractivity contribution in [3.05, 3.63) is 72.1 Å². The number of carbonyl (C=O) groups excluding carboxylic acids is 2. The molecule has 0 bridgehead atoms. The van der Waals surface area contributed by atoms with Crippen LogP contribution in [-0.2, 0) is 58.8 Å². The van der Waals surface area contributed by atoms with Crippen molar-refractivity contribution in [2.45, 2.75) is 90.9 Å². The number of carboxylic acid groups (broad SMARTS) is 1. The van der Waals surface area contributed by atoms with Crippen LogP contribution in [-0.4, -0.2) is 135 Å². The lowest BCUT2D eigenvalue weighted by molar-refractivity contribution is -0.193. The Balaban J connectivity index is 0.000000491. The lowest BCUT2D eigenvalue weighted by Crippen LogP contribution is -2.43. The zero-order valence-electron chi connectivity index (χ0n) is 42.3. The summed E-state index contributed by atoms with van der Waals surface area (Å²) in [5, 5.41) is 16.4. The van der Waals surface area contributed by atoms with Crippen LogP contribution in [0.1, 0.15) is 58.6 Å². The van der Waals surface area contributed by atoms with E-state index in [0.29, 0.717) is 52.2 Å². The molecule has 0 aliphatic carbocycles. The van der Waals surface area contributed by atoms with Gasteiger partial charge in [0.1, 0.15) is 25.0 Å². The number of esters is 1. The van der Waals surface area contributed by atoms with Gasteiger partial charge < -0.3 is 44.5 Å². The Labute approximate surface area is 446 Å². The number of alkyl halides is 1. The predicted molar refractivity (Wildman–Crippen MR) is 289 cm³/mol. The average Bonchev–Trinajstić information content (AvgIpc) is 3.61. The van der Waals surface area contributed by atoms with E-state index in [-0.39, 0.29) is 50.5 Å². The van der Waals surface area contributed by atoms with Gasteiger partial charge in [0, 0.05) is 37.7 Å². The maximum atomic E-state index is 14.3. The van der Waals surface area contributed by atoms with Gasteiger partial charge in [-0.1, -0.05) is 36.7 Å². The van der Waals surface area contributed by atoms with E-state index < -0.39 is 38.2 Å². The first-order valence-electron chi connectivity index (χ1n) is 22.2. The monoisotopic (exact) mass is 1150 g/mol. The molecule has 404 valence electrons. The van der Waals surface area contributed by atoms with Gasteiger partial charge in [-0.25, -0.2) is 14.1 Å². The smallest absolute Gasteiger partial charge is 0.325 e. The fourth-order valence-electron chi connectivity index (χ4n) is 5.97. The number of benzene rings is 2. The highest BCUT2D eigenvalue weighted by atomic mass is 35.5. The van der Waals surface area contributed by atoms with Crippen LogP contribution < -0.4 is 35.4 Å². The van der Waals surface area contributed by atoms with Crippen LogP contribution in [0, 0.1) is 12.7 Å². The molecule has 28 heteroatoms. The third-order valence-electron chi connectivity index (χ3n) is 8.81. The lowest BCUT2D eigenvalue weighted by atomic mass is 10.0. The first-order chi connectivity index (χ1) is 33.8. The zero-order chi connectivity index (χ0) is 54.7. The Morgan fingerprint density at radius 3 is 2.24 bits per heavy atom. The Morgan fingerprint density at radius 1 is 1.07 bits per heavy atom. The molecule has 1 aliphatic heterocycles. The average molecular weight is 1150 g/mol. The van der Waals surface area contributed by atoms with Gasteiger partial charge in [-0.05, 0) is 111 Å². The van der Waals surface area contributed by atoms with Crippen LogP contribution in [0.3, 0.4) is 0 Å². The lowest BCUT2D eigenvalue weighted by Gasteiger charge is -2.31. The Bertz CT molecular complexity index is 2520. The maximum absolute atomic E-state index is 14.3. The third kappa shape index (κ3) is 25.4. The first-order valence-corrected chi connectivity index (χ1v) is 29.5. The molecule has 0 saturated carbocycles. The van der Waals surface area contributed by atoms with Crippen molar-refractivity contribution in [1.82, 2.24) is 29.6 Å². The number of ether oxygens (including phenoxy) is 2. The fourth-order valence-corrected chi connectivity index (χ4v) is 8.64. The number of carboxylic acids is 1. The van der Waals surface area contributed by atoms with Crippen LogP contribution in [0.2, 0.25) is 10.3 Å². The molecule has 5 N–H and O–H groups in total. The summed E-state index contributed by atoms with van der Waals surface area (Å²) in [5.41, 5.74) is 3.29. The second-order valence-electron chi connectivity index (χ2n) is 15.9. The number of fused-ring (bicyclic) bond motifs is 1. The third-order valence-corrected chi connectivity index (χ3v) is 12.1. The molecule has 1 amide bonds. The van der Waals surface area contributed by atoms with E-state index in [1.165, 1.54) is 13.2 Å². The minimum absolute atomic E-state index is 0.0223. The number of hydrogen-bond acceptors (Lipinski definition) is 17. The fraction of sp³-hybridized carbons (Fsp3) is 0.545. The molecular formula is C44H67Cl3FN10O10PS3. The van der Waals surface area contributed by atoms with Crippen LogP contribution in [0.15, 0.2) is 45.0 Å². The maximum Gasteiger partial charge on any atom is 0.325 e. The van der Waals surface area contributed by atoms with Gasteiger partial charge in [-0.15, -0.1) is 23.4 Å². The van der Waals surface area contributed by atoms with Crippen molar-refractivity contribution in [2.75, 3.05) is 86.1 Å². The number of rotatable bonds is 18. The number of thioether (sulfide) groups is 1. The van der Waals surface area contributed by atoms with Crippen molar-refractivity contribution >= 4 is 118 Å². The highest BCUT2D eigenvalue weighted by Gasteiger charge is 2.25. The molecule has 4 aromatic rings. The zero-order valence-corrected chi connectivity index (χ0v) is 47.9. The topological polar surface area (TPSA) is 268 Å². The standard InChI is InChI=1S/C15H15ClFN3O3S2.C15H22ClNO2.C8H14ClN5.C3H8NO5P.C3H9S/c1-23-13(21)8-24-12-7-11(10(17)6-9(12)16)18-14-19-4-2-3-5-20(19)15(22)25-14;1-5-13-8-6-7-11(2)15(13)17(14(18)9-16)12(3)10-19-4;1-4-10-7-12-6(9)13-8(14-7)11-5(2)3;5-3(6)1-4-2-10(7,8)9;1-4(2)3/h6-7H,2-5,8H2,1H3;6-8,12H,5,9-10H2,1-4H3;5H,4H2,1-3H3,(H2,10,11,12,13,14);4H,1-2H2,(H,5,6)(H2,7,8,9);1-3H3/q;;;;+1/p-1/b18-14-;;;;. The molecule has 0 fully saturated rings. The number of carbonyl (C=O) groups is 3. The Kier molecular flexibility index (Phi) is 31.8. The molecule has 3 heterocycles. The summed E-state index contributed by atoms with van der Waals surface area (Å²) >= 11 is 19.7. The largest absolute Gasteiger partial charge is 0.778 e. The highest BCUT2D eigenvalue weighted by Crippen LogP contribution is 2.33. The molecule has 72 heavy (non-hydrogen) atoms. The summed E-state index contributed by atoms with van der Waals surface area (Å²) in [6, 6.07) is 8.96. The minimum atomic E-state index is -4.35. The van der Waals surface area contributed by atoms with Crippen LogP contribution >= 0.6 is 65.5 Å². The molecule has 2 unspecified atom stereocenters. The number of nitrogens with zero attached hydrogens (tertiary/aromatic N) is 7. The van der Waals surface area contributed by atoms with Gasteiger partial charge in [0.25, 0.3) is 0 Å². The molecule has 2 aromatic carbocycles. The number of amides is 1. The summed E-state index contributed by atoms with van der Waals surface area (Å²) in [7, 11) is -0.773. The normalized spacial score (nSPS) is 13.0. The van der Waals surface area contributed by atoms with Gasteiger partial charge in [0.05, 0.1) is 67.8 Å². The second kappa shape index (κ2) is 34.6. The molecule has 2 aromatic heterocycles. The molecule has 0 spiro atoms. The Morgan fingerprint density at radius 2 is 1.69 bits per heavy atom. The van der Waals surface area contributed by atoms with E-state index in [4.69, 9.17) is 49.5 Å². The summed E-state index contributed by atoms with van der Waals surface area (Å²) in [5.74, 6) is -1.21. The van der Waals surface area contributed by atoms with Gasteiger partial charge in [-0.3, -0.25) is 29.2 Å². The highest BCUT2D eigenvalue weighted by molar-refractivity contribution is 8.00. The van der Waals surface area contributed by atoms with Gasteiger partial charge in [0.15, 0.2) is 0 Å². The number of aromatic nitrogens is 5. The number of anilines is 3. The van der Waals surface area contributed by atoms with Gasteiger partial charge in [-0.2, -0.15) is 15.0 Å². The Hall–Kier alpha value is -3.81. The summed E-state index contributed by atoms with van der Waals surface area (Å²) in [4.78, 5) is 82.2. The van der Waals surface area contributed by atoms with E-state index in [0.717, 1.165) is 71.8 Å². The van der Waals surface area contributed by atoms with Crippen molar-refractivity contribution in [3.63, 3.8) is 0 Å². The summed E-state index contributed by atoms with van der Waals surface area (Å²) < 4.78 is 37.4. The van der Waals surface area contributed by atoms with E-state index >= 15 is 0 Å². The second-order valence-corrected chi connectivity index (χ2v) is 22.9. The van der Waals surface area contributed by atoms with Crippen molar-refractivity contribution in [1.29, 1.82) is 0 Å². The number of hydrogen-bond donors (Lipinski definition) is 5. The number of methoxy groups -OCH3 is 2.